The lowest BCUT2D eigenvalue weighted by molar-refractivity contribution is 0.0443. The van der Waals surface area contributed by atoms with Gasteiger partial charge in [0.25, 0.3) is 11.4 Å². The highest BCUT2D eigenvalue weighted by molar-refractivity contribution is 7.91. The Hall–Kier alpha value is -8.75. The Labute approximate surface area is 362 Å². The van der Waals surface area contributed by atoms with Gasteiger partial charge in [-0.25, -0.2) is 38.2 Å². The highest BCUT2D eigenvalue weighted by Crippen LogP contribution is 2.49. The van der Waals surface area contributed by atoms with Crippen molar-refractivity contribution in [2.45, 2.75) is 9.79 Å². The summed E-state index contributed by atoms with van der Waals surface area (Å²) in [5, 5.41) is 19.2. The van der Waals surface area contributed by atoms with E-state index in [2.05, 4.69) is 9.69 Å². The second-order valence-electron chi connectivity index (χ2n) is 13.9. The summed E-state index contributed by atoms with van der Waals surface area (Å²) in [6, 6.07) is 40.3. The third-order valence-electron chi connectivity index (χ3n) is 10.4. The zero-order valence-corrected chi connectivity index (χ0v) is 33.8. The molecule has 0 heterocycles. The number of nitrogens with zero attached hydrogens (tertiary/aromatic N) is 4. The molecule has 0 fully saturated rings. The Morgan fingerprint density at radius 1 is 0.492 bits per heavy atom. The van der Waals surface area contributed by atoms with Gasteiger partial charge in [0.05, 0.1) is 46.2 Å². The number of carbonyl (C=O) groups is 2. The van der Waals surface area contributed by atoms with Crippen LogP contribution >= 0.6 is 0 Å². The number of benzene rings is 6. The summed E-state index contributed by atoms with van der Waals surface area (Å²) in [5.41, 5.74) is 6.62. The standard InChI is InChI=1S/C50H30N4O8S/c1-53-43(29-51)47-37-11-5-3-9-35(37)45-39(47)13-7-15-41(45)49(55)61-27-25-59-31-17-21-33(22-18-31)63(57,58)34-23-19-32(20-24-34)60-26-28-62-50(56)42-16-8-14-40-46(42)36-10-4-6-12-38(36)48(40)44(30-52)54-2/h3-24H,25-28H2. The summed E-state index contributed by atoms with van der Waals surface area (Å²) < 4.78 is 49.4. The molecule has 0 N–H and O–H groups in total. The molecule has 13 heteroatoms. The maximum atomic E-state index is 13.4. The molecular formula is C50H30N4O8S. The molecule has 0 unspecified atom stereocenters. The van der Waals surface area contributed by atoms with Crippen molar-refractivity contribution in [1.82, 2.24) is 0 Å². The lowest BCUT2D eigenvalue weighted by Crippen LogP contribution is -2.13. The zero-order valence-electron chi connectivity index (χ0n) is 33.0. The SMILES string of the molecule is [C-]#[N+]C(C#N)=C1c2ccccc2-c2c(C(=O)OCCOc3ccc(S(=O)(=O)c4ccc(OCCOC(=O)c5cccc6c5-c5ccccc5C6=C(C#N)[N+]#[C-])cc4)cc3)cccc21. The van der Waals surface area contributed by atoms with Crippen molar-refractivity contribution in [3.05, 3.63) is 201 Å². The number of rotatable bonds is 12. The molecule has 0 amide bonds. The minimum absolute atomic E-state index is 0.0128. The summed E-state index contributed by atoms with van der Waals surface area (Å²) in [4.78, 5) is 33.4. The van der Waals surface area contributed by atoms with Crippen LogP contribution in [0.3, 0.4) is 0 Å². The van der Waals surface area contributed by atoms with E-state index in [1.54, 1.807) is 48.5 Å². The lowest BCUT2D eigenvalue weighted by atomic mass is 9.99. The molecule has 6 aromatic rings. The first-order chi connectivity index (χ1) is 30.7. The number of nitriles is 2. The van der Waals surface area contributed by atoms with E-state index in [9.17, 15) is 28.5 Å². The Morgan fingerprint density at radius 3 is 1.22 bits per heavy atom. The van der Waals surface area contributed by atoms with Gasteiger partial charge in [0.15, 0.2) is 0 Å². The average Bonchev–Trinajstić information content (AvgIpc) is 3.84. The van der Waals surface area contributed by atoms with Gasteiger partial charge in [0.1, 0.15) is 37.9 Å². The van der Waals surface area contributed by atoms with Crippen LogP contribution in [0.2, 0.25) is 0 Å². The molecule has 2 aliphatic carbocycles. The maximum Gasteiger partial charge on any atom is 0.338 e. The van der Waals surface area contributed by atoms with E-state index < -0.39 is 21.8 Å². The molecule has 63 heavy (non-hydrogen) atoms. The highest BCUT2D eigenvalue weighted by atomic mass is 32.2. The molecule has 0 atom stereocenters. The van der Waals surface area contributed by atoms with E-state index in [0.29, 0.717) is 56.0 Å². The first-order valence-corrected chi connectivity index (χ1v) is 20.7. The molecule has 0 saturated carbocycles. The number of hydrogen-bond acceptors (Lipinski definition) is 10. The maximum absolute atomic E-state index is 13.4. The number of fused-ring (bicyclic) bond motifs is 6. The van der Waals surface area contributed by atoms with E-state index in [1.807, 2.05) is 48.5 Å². The van der Waals surface area contributed by atoms with E-state index in [4.69, 9.17) is 32.1 Å². The number of ether oxygens (including phenoxy) is 4. The van der Waals surface area contributed by atoms with Crippen molar-refractivity contribution in [1.29, 1.82) is 10.5 Å². The van der Waals surface area contributed by atoms with Crippen LogP contribution in [0.1, 0.15) is 43.0 Å². The predicted molar refractivity (Wildman–Crippen MR) is 230 cm³/mol. The Kier molecular flexibility index (Phi) is 11.4. The van der Waals surface area contributed by atoms with Gasteiger partial charge in [-0.2, -0.15) is 0 Å². The molecule has 0 bridgehead atoms. The lowest BCUT2D eigenvalue weighted by Gasteiger charge is -2.12. The summed E-state index contributed by atoms with van der Waals surface area (Å²) >= 11 is 0. The normalized spacial score (nSPS) is 13.3. The summed E-state index contributed by atoms with van der Waals surface area (Å²) in [6.07, 6.45) is 0. The van der Waals surface area contributed by atoms with Crippen LogP contribution in [0.25, 0.3) is 43.1 Å². The highest BCUT2D eigenvalue weighted by Gasteiger charge is 2.32. The summed E-state index contributed by atoms with van der Waals surface area (Å²) in [7, 11) is -3.91. The minimum Gasteiger partial charge on any atom is -0.490 e. The van der Waals surface area contributed by atoms with Crippen molar-refractivity contribution in [3.63, 3.8) is 0 Å². The molecule has 2 aliphatic rings. The fraction of sp³-hybridized carbons (Fsp3) is 0.0800. The second-order valence-corrected chi connectivity index (χ2v) is 15.8. The van der Waals surface area contributed by atoms with Crippen LogP contribution in [-0.2, 0) is 19.3 Å². The molecule has 12 nitrogen and oxygen atoms in total. The third kappa shape index (κ3) is 7.65. The molecule has 0 radical (unpaired) electrons. The monoisotopic (exact) mass is 846 g/mol. The fourth-order valence-corrected chi connectivity index (χ4v) is 8.92. The van der Waals surface area contributed by atoms with Gasteiger partial charge in [-0.3, -0.25) is 0 Å². The summed E-state index contributed by atoms with van der Waals surface area (Å²) in [6.45, 7) is 14.8. The van der Waals surface area contributed by atoms with E-state index in [0.717, 1.165) is 11.1 Å². The quantitative estimate of drug-likeness (QED) is 0.0501. The van der Waals surface area contributed by atoms with Crippen LogP contribution in [0.15, 0.2) is 155 Å². The number of carbonyl (C=O) groups excluding carboxylic acids is 2. The first-order valence-electron chi connectivity index (χ1n) is 19.2. The Morgan fingerprint density at radius 2 is 0.857 bits per heavy atom. The molecule has 304 valence electrons. The van der Waals surface area contributed by atoms with Crippen LogP contribution in [0.5, 0.6) is 11.5 Å². The van der Waals surface area contributed by atoms with Gasteiger partial charge < -0.3 is 18.9 Å². The van der Waals surface area contributed by atoms with Crippen LogP contribution < -0.4 is 9.47 Å². The van der Waals surface area contributed by atoms with Crippen molar-refractivity contribution in [3.8, 4) is 45.9 Å². The molecule has 0 aliphatic heterocycles. The predicted octanol–water partition coefficient (Wildman–Crippen LogP) is 9.36. The van der Waals surface area contributed by atoms with Gasteiger partial charge in [-0.05, 0) is 94.0 Å². The first kappa shape index (κ1) is 41.0. The van der Waals surface area contributed by atoms with Crippen LogP contribution in [0, 0.1) is 35.8 Å². The van der Waals surface area contributed by atoms with Gasteiger partial charge in [-0.1, -0.05) is 72.8 Å². The largest absolute Gasteiger partial charge is 0.490 e. The van der Waals surface area contributed by atoms with E-state index in [1.165, 1.54) is 48.5 Å². The minimum atomic E-state index is -3.91. The number of allylic oxidation sites excluding steroid dienone is 2. The second kappa shape index (κ2) is 17.5. The molecule has 0 spiro atoms. The van der Waals surface area contributed by atoms with Gasteiger partial charge in [0, 0.05) is 22.3 Å². The van der Waals surface area contributed by atoms with Crippen LogP contribution in [-0.4, -0.2) is 46.8 Å². The topological polar surface area (TPSA) is 162 Å². The van der Waals surface area contributed by atoms with Crippen molar-refractivity contribution in [2.24, 2.45) is 0 Å². The van der Waals surface area contributed by atoms with Crippen molar-refractivity contribution in [2.75, 3.05) is 26.4 Å². The van der Waals surface area contributed by atoms with Gasteiger partial charge >= 0.3 is 11.9 Å². The fourth-order valence-electron chi connectivity index (χ4n) is 7.66. The number of sulfone groups is 1. The smallest absolute Gasteiger partial charge is 0.338 e. The Balaban J connectivity index is 0.836. The third-order valence-corrected chi connectivity index (χ3v) is 12.2. The number of esters is 2. The molecule has 0 aromatic heterocycles. The average molecular weight is 847 g/mol. The van der Waals surface area contributed by atoms with Gasteiger partial charge in [0.2, 0.25) is 9.84 Å². The van der Waals surface area contributed by atoms with Crippen molar-refractivity contribution < 1.29 is 37.0 Å². The van der Waals surface area contributed by atoms with E-state index >= 15 is 0 Å². The molecule has 0 saturated heterocycles. The number of hydrogen-bond donors (Lipinski definition) is 0. The summed E-state index contributed by atoms with van der Waals surface area (Å²) in [5.74, 6) is -0.484. The Bertz CT molecular complexity index is 2970. The zero-order chi connectivity index (χ0) is 44.1. The van der Waals surface area contributed by atoms with E-state index in [-0.39, 0.29) is 58.7 Å². The van der Waals surface area contributed by atoms with Gasteiger partial charge in [-0.15, -0.1) is 0 Å². The molecule has 6 aromatic carbocycles. The van der Waals surface area contributed by atoms with Crippen LogP contribution in [0.4, 0.5) is 0 Å². The molecular weight excluding hydrogens is 817 g/mol. The van der Waals surface area contributed by atoms with Crippen molar-refractivity contribution >= 4 is 32.9 Å². The molecule has 8 rings (SSSR count).